The molecular weight excluding hydrogens is 325 g/mol. The molecule has 8 heteroatoms. The van der Waals surface area contributed by atoms with Crippen molar-refractivity contribution in [2.24, 2.45) is 5.92 Å². The van der Waals surface area contributed by atoms with Crippen molar-refractivity contribution in [3.63, 3.8) is 0 Å². The standard InChI is InChI=1S/C16H17F3N2O3/c1-7(2)4-12(16(23)24)21(3)15(22)11-5-8-9(17)6-10(18)13(19)14(8)20-11/h5-7,12,20H,4H2,1-3H3,(H,23,24)/t12-/m0/s1/i5D,6D. The minimum absolute atomic E-state index is 0.0561. The third kappa shape index (κ3) is 3.22. The van der Waals surface area contributed by atoms with Crippen LogP contribution in [-0.2, 0) is 4.79 Å². The normalized spacial score (nSPS) is 13.8. The monoisotopic (exact) mass is 344 g/mol. The van der Waals surface area contributed by atoms with Gasteiger partial charge in [-0.2, -0.15) is 0 Å². The van der Waals surface area contributed by atoms with Gasteiger partial charge in [-0.15, -0.1) is 0 Å². The number of amides is 1. The molecule has 130 valence electrons. The summed E-state index contributed by atoms with van der Waals surface area (Å²) in [6.07, 6.45) is 0.124. The van der Waals surface area contributed by atoms with Gasteiger partial charge in [-0.1, -0.05) is 13.8 Å². The molecule has 0 radical (unpaired) electrons. The maximum atomic E-state index is 14.1. The molecule has 0 saturated heterocycles. The van der Waals surface area contributed by atoms with Crippen molar-refractivity contribution in [1.29, 1.82) is 0 Å². The molecule has 0 bridgehead atoms. The highest BCUT2D eigenvalue weighted by Gasteiger charge is 2.29. The van der Waals surface area contributed by atoms with Crippen LogP contribution in [0.2, 0.25) is 0 Å². The zero-order valence-corrected chi connectivity index (χ0v) is 13.2. The van der Waals surface area contributed by atoms with Gasteiger partial charge in [-0.25, -0.2) is 18.0 Å². The van der Waals surface area contributed by atoms with Crippen LogP contribution in [0.25, 0.3) is 10.9 Å². The zero-order chi connectivity index (χ0) is 19.9. The average Bonchev–Trinajstić information content (AvgIpc) is 2.91. The molecule has 0 unspecified atom stereocenters. The van der Waals surface area contributed by atoms with Crippen LogP contribution >= 0.6 is 0 Å². The van der Waals surface area contributed by atoms with Gasteiger partial charge >= 0.3 is 5.97 Å². The Morgan fingerprint density at radius 1 is 1.29 bits per heavy atom. The van der Waals surface area contributed by atoms with Crippen LogP contribution in [0.5, 0.6) is 0 Å². The first kappa shape index (κ1) is 15.0. The molecule has 2 aromatic rings. The van der Waals surface area contributed by atoms with Gasteiger partial charge in [0.2, 0.25) is 0 Å². The molecule has 0 aliphatic heterocycles. The van der Waals surface area contributed by atoms with Crippen LogP contribution in [0.15, 0.2) is 12.1 Å². The molecule has 1 aromatic heterocycles. The first-order valence-corrected chi connectivity index (χ1v) is 7.14. The smallest absolute Gasteiger partial charge is 0.326 e. The Labute approximate surface area is 138 Å². The molecule has 5 nitrogen and oxygen atoms in total. The summed E-state index contributed by atoms with van der Waals surface area (Å²) in [4.78, 5) is 27.0. The van der Waals surface area contributed by atoms with Gasteiger partial charge in [-0.05, 0) is 18.4 Å². The number of hydrogen-bond donors (Lipinski definition) is 2. The summed E-state index contributed by atoms with van der Waals surface area (Å²) in [5.74, 6) is -7.11. The molecule has 1 atom stereocenters. The van der Waals surface area contributed by atoms with Crippen LogP contribution in [0.4, 0.5) is 13.2 Å². The molecule has 0 aliphatic rings. The van der Waals surface area contributed by atoms with Crippen LogP contribution in [-0.4, -0.2) is 40.0 Å². The number of aromatic amines is 1. The predicted octanol–water partition coefficient (Wildman–Crippen LogP) is 3.16. The fourth-order valence-corrected chi connectivity index (χ4v) is 2.35. The zero-order valence-electron chi connectivity index (χ0n) is 15.2. The lowest BCUT2D eigenvalue weighted by molar-refractivity contribution is -0.142. The summed E-state index contributed by atoms with van der Waals surface area (Å²) in [7, 11) is 1.19. The van der Waals surface area contributed by atoms with E-state index in [0.717, 1.165) is 4.90 Å². The lowest BCUT2D eigenvalue weighted by Crippen LogP contribution is -2.43. The number of hydrogen-bond acceptors (Lipinski definition) is 2. The number of H-pyrrole nitrogens is 1. The number of carbonyl (C=O) groups excluding carboxylic acids is 1. The second-order valence-electron chi connectivity index (χ2n) is 5.84. The molecule has 0 fully saturated rings. The maximum Gasteiger partial charge on any atom is 0.326 e. The van der Waals surface area contributed by atoms with Gasteiger partial charge in [0.25, 0.3) is 5.91 Å². The van der Waals surface area contributed by atoms with E-state index in [2.05, 4.69) is 4.98 Å². The van der Waals surface area contributed by atoms with E-state index in [1.165, 1.54) is 7.05 Å². The SMILES string of the molecule is [2H]c1c(F)c(F)c2[nH]c(C(=O)N(C)[C@@H](CC(C)C)C(=O)O)c([2H])c2c1F. The lowest BCUT2D eigenvalue weighted by Gasteiger charge is -2.25. The number of carbonyl (C=O) groups is 2. The number of aromatic nitrogens is 1. The molecule has 0 spiro atoms. The van der Waals surface area contributed by atoms with Crippen LogP contribution in [0.1, 0.15) is 33.5 Å². The summed E-state index contributed by atoms with van der Waals surface area (Å²) < 4.78 is 56.7. The summed E-state index contributed by atoms with van der Waals surface area (Å²) >= 11 is 0. The Kier molecular flexibility index (Phi) is 4.10. The molecule has 1 aromatic carbocycles. The highest BCUT2D eigenvalue weighted by atomic mass is 19.2. The van der Waals surface area contributed by atoms with E-state index in [1.54, 1.807) is 13.8 Å². The van der Waals surface area contributed by atoms with E-state index in [9.17, 15) is 27.9 Å². The summed E-state index contributed by atoms with van der Waals surface area (Å²) in [5.41, 5.74) is -1.34. The summed E-state index contributed by atoms with van der Waals surface area (Å²) in [6, 6.07) is -3.33. The quantitative estimate of drug-likeness (QED) is 0.819. The fraction of sp³-hybridized carbons (Fsp3) is 0.375. The van der Waals surface area contributed by atoms with Gasteiger partial charge in [0.05, 0.1) is 8.26 Å². The maximum absolute atomic E-state index is 14.1. The highest BCUT2D eigenvalue weighted by molar-refractivity contribution is 5.99. The topological polar surface area (TPSA) is 73.4 Å². The van der Waals surface area contributed by atoms with Gasteiger partial charge in [-0.3, -0.25) is 4.79 Å². The van der Waals surface area contributed by atoms with Gasteiger partial charge in [0.1, 0.15) is 17.6 Å². The lowest BCUT2D eigenvalue weighted by atomic mass is 10.0. The number of benzene rings is 1. The van der Waals surface area contributed by atoms with Crippen LogP contribution in [0, 0.1) is 23.4 Å². The Balaban J connectivity index is 2.58. The minimum atomic E-state index is -1.74. The second-order valence-corrected chi connectivity index (χ2v) is 5.84. The fourth-order valence-electron chi connectivity index (χ4n) is 2.35. The molecule has 1 amide bonds. The molecule has 24 heavy (non-hydrogen) atoms. The highest BCUT2D eigenvalue weighted by Crippen LogP contribution is 2.25. The average molecular weight is 344 g/mol. The first-order chi connectivity index (χ1) is 12.0. The van der Waals surface area contributed by atoms with Crippen molar-refractivity contribution in [2.75, 3.05) is 7.05 Å². The van der Waals surface area contributed by atoms with Crippen molar-refractivity contribution >= 4 is 22.8 Å². The van der Waals surface area contributed by atoms with Crippen molar-refractivity contribution < 1.29 is 30.6 Å². The van der Waals surface area contributed by atoms with E-state index >= 15 is 0 Å². The van der Waals surface area contributed by atoms with E-state index in [4.69, 9.17) is 2.74 Å². The second kappa shape index (κ2) is 6.54. The van der Waals surface area contributed by atoms with E-state index in [0.29, 0.717) is 0 Å². The predicted molar refractivity (Wildman–Crippen MR) is 81.1 cm³/mol. The number of halogens is 3. The van der Waals surface area contributed by atoms with E-state index in [-0.39, 0.29) is 12.3 Å². The van der Waals surface area contributed by atoms with Crippen LogP contribution < -0.4 is 0 Å². The summed E-state index contributed by atoms with van der Waals surface area (Å²) in [6.45, 7) is 3.52. The Bertz CT molecular complexity index is 899. The third-order valence-corrected chi connectivity index (χ3v) is 3.58. The molecule has 0 aliphatic carbocycles. The minimum Gasteiger partial charge on any atom is -0.480 e. The number of aliphatic carboxylic acids is 1. The Morgan fingerprint density at radius 3 is 2.46 bits per heavy atom. The third-order valence-electron chi connectivity index (χ3n) is 3.58. The number of carboxylic acid groups (broad SMARTS) is 1. The number of likely N-dealkylation sites (N-methyl/N-ethyl adjacent to an activating group) is 1. The number of fused-ring (bicyclic) bond motifs is 1. The molecular formula is C16H17F3N2O3. The number of nitrogens with zero attached hydrogens (tertiary/aromatic N) is 1. The Hall–Kier alpha value is -2.51. The van der Waals surface area contributed by atoms with Gasteiger partial charge < -0.3 is 15.0 Å². The van der Waals surface area contributed by atoms with E-state index < -0.39 is 64.1 Å². The summed E-state index contributed by atoms with van der Waals surface area (Å²) in [5, 5.41) is 8.58. The molecule has 2 N–H and O–H groups in total. The van der Waals surface area contributed by atoms with E-state index in [1.807, 2.05) is 0 Å². The molecule has 2 rings (SSSR count). The number of nitrogens with one attached hydrogen (secondary N) is 1. The van der Waals surface area contributed by atoms with Crippen molar-refractivity contribution in [2.45, 2.75) is 26.3 Å². The van der Waals surface area contributed by atoms with Crippen molar-refractivity contribution in [3.8, 4) is 0 Å². The Morgan fingerprint density at radius 2 is 1.92 bits per heavy atom. The van der Waals surface area contributed by atoms with Crippen molar-refractivity contribution in [3.05, 3.63) is 35.2 Å². The first-order valence-electron chi connectivity index (χ1n) is 8.14. The molecule has 1 heterocycles. The number of rotatable bonds is 5. The van der Waals surface area contributed by atoms with Crippen LogP contribution in [0.3, 0.4) is 0 Å². The number of carboxylic acids is 1. The molecule has 0 saturated carbocycles. The van der Waals surface area contributed by atoms with Gasteiger partial charge in [0.15, 0.2) is 11.6 Å². The van der Waals surface area contributed by atoms with Gasteiger partial charge in [0, 0.05) is 18.5 Å². The largest absolute Gasteiger partial charge is 0.480 e. The van der Waals surface area contributed by atoms with Crippen molar-refractivity contribution in [1.82, 2.24) is 9.88 Å².